The summed E-state index contributed by atoms with van der Waals surface area (Å²) in [5, 5.41) is 0. The molecule has 0 N–H and O–H groups in total. The zero-order valence-corrected chi connectivity index (χ0v) is 13.3. The lowest BCUT2D eigenvalue weighted by molar-refractivity contribution is -0.129. The summed E-state index contributed by atoms with van der Waals surface area (Å²) in [6, 6.07) is 14.8. The lowest BCUT2D eigenvalue weighted by Crippen LogP contribution is -2.05. The van der Waals surface area contributed by atoms with Crippen LogP contribution in [0, 0.1) is 0 Å². The second-order valence-electron chi connectivity index (χ2n) is 4.59. The van der Waals surface area contributed by atoms with Gasteiger partial charge in [-0.05, 0) is 42.0 Å². The molecule has 0 aromatic heterocycles. The molecular weight excluding hydrogens is 346 g/mol. The van der Waals surface area contributed by atoms with Crippen LogP contribution in [0.15, 0.2) is 63.7 Å². The molecule has 0 bridgehead atoms. The zero-order chi connectivity index (χ0) is 15.5. The summed E-state index contributed by atoms with van der Waals surface area (Å²) in [6.45, 7) is 0. The van der Waals surface area contributed by atoms with Crippen LogP contribution in [0.3, 0.4) is 0 Å². The summed E-state index contributed by atoms with van der Waals surface area (Å²) in [5.41, 5.74) is 1.87. The average Bonchev–Trinajstić information content (AvgIpc) is 2.91. The van der Waals surface area contributed by atoms with Gasteiger partial charge in [0.2, 0.25) is 5.90 Å². The Balaban J connectivity index is 1.92. The highest BCUT2D eigenvalue weighted by Gasteiger charge is 2.24. The third-order valence-corrected chi connectivity index (χ3v) is 3.88. The van der Waals surface area contributed by atoms with E-state index in [4.69, 9.17) is 9.47 Å². The van der Waals surface area contributed by atoms with Crippen LogP contribution in [0.25, 0.3) is 6.08 Å². The van der Waals surface area contributed by atoms with Crippen molar-refractivity contribution in [2.75, 3.05) is 7.11 Å². The quantitative estimate of drug-likeness (QED) is 0.619. The van der Waals surface area contributed by atoms with Gasteiger partial charge in [0, 0.05) is 10.0 Å². The topological polar surface area (TPSA) is 47.9 Å². The van der Waals surface area contributed by atoms with E-state index in [0.717, 1.165) is 21.3 Å². The molecule has 1 aliphatic rings. The first-order chi connectivity index (χ1) is 10.7. The van der Waals surface area contributed by atoms with E-state index in [2.05, 4.69) is 20.9 Å². The van der Waals surface area contributed by atoms with Crippen LogP contribution in [0.5, 0.6) is 5.75 Å². The van der Waals surface area contributed by atoms with Gasteiger partial charge in [0.25, 0.3) is 0 Å². The van der Waals surface area contributed by atoms with Crippen molar-refractivity contribution in [1.82, 2.24) is 0 Å². The van der Waals surface area contributed by atoms with E-state index >= 15 is 0 Å². The van der Waals surface area contributed by atoms with Crippen LogP contribution < -0.4 is 4.74 Å². The number of halogens is 1. The monoisotopic (exact) mass is 357 g/mol. The Kier molecular flexibility index (Phi) is 4.06. The first kappa shape index (κ1) is 14.5. The number of carbonyl (C=O) groups excluding carboxylic acids is 1. The molecule has 0 spiro atoms. The second kappa shape index (κ2) is 6.15. The zero-order valence-electron chi connectivity index (χ0n) is 11.7. The molecule has 4 nitrogen and oxygen atoms in total. The molecule has 22 heavy (non-hydrogen) atoms. The first-order valence-corrected chi connectivity index (χ1v) is 7.38. The summed E-state index contributed by atoms with van der Waals surface area (Å²) >= 11 is 3.44. The van der Waals surface area contributed by atoms with Crippen molar-refractivity contribution in [2.45, 2.75) is 0 Å². The average molecular weight is 358 g/mol. The summed E-state index contributed by atoms with van der Waals surface area (Å²) in [6.07, 6.45) is 1.70. The number of aliphatic imine (C=N–C) groups is 1. The molecule has 0 aliphatic carbocycles. The minimum Gasteiger partial charge on any atom is -0.497 e. The van der Waals surface area contributed by atoms with E-state index in [0.29, 0.717) is 5.90 Å². The summed E-state index contributed by atoms with van der Waals surface area (Å²) in [4.78, 5) is 16.2. The molecular formula is C17H12BrNO3. The lowest BCUT2D eigenvalue weighted by atomic mass is 10.2. The SMILES string of the molecule is COc1ccc(C2=N/C(=C\c3ccccc3Br)C(=O)O2)cc1. The highest BCUT2D eigenvalue weighted by molar-refractivity contribution is 9.10. The Morgan fingerprint density at radius 1 is 1.14 bits per heavy atom. The molecule has 0 saturated carbocycles. The summed E-state index contributed by atoms with van der Waals surface area (Å²) < 4.78 is 11.2. The molecule has 0 fully saturated rings. The van der Waals surface area contributed by atoms with Crippen LogP contribution in [0.2, 0.25) is 0 Å². The van der Waals surface area contributed by atoms with Gasteiger partial charge in [-0.1, -0.05) is 34.1 Å². The maximum atomic E-state index is 12.0. The normalized spacial score (nSPS) is 15.6. The molecule has 0 saturated heterocycles. The number of hydrogen-bond donors (Lipinski definition) is 0. The Morgan fingerprint density at radius 3 is 2.55 bits per heavy atom. The van der Waals surface area contributed by atoms with E-state index in [9.17, 15) is 4.79 Å². The summed E-state index contributed by atoms with van der Waals surface area (Å²) in [7, 11) is 1.60. The molecule has 2 aromatic rings. The molecule has 1 heterocycles. The number of methoxy groups -OCH3 is 1. The fraction of sp³-hybridized carbons (Fsp3) is 0.0588. The number of esters is 1. The number of hydrogen-bond acceptors (Lipinski definition) is 4. The highest BCUT2D eigenvalue weighted by atomic mass is 79.9. The Bertz CT molecular complexity index is 779. The van der Waals surface area contributed by atoms with Crippen molar-refractivity contribution in [3.8, 4) is 5.75 Å². The van der Waals surface area contributed by atoms with Gasteiger partial charge < -0.3 is 9.47 Å². The molecule has 0 amide bonds. The van der Waals surface area contributed by atoms with Gasteiger partial charge in [-0.15, -0.1) is 0 Å². The number of cyclic esters (lactones) is 1. The van der Waals surface area contributed by atoms with Crippen LogP contribution >= 0.6 is 15.9 Å². The van der Waals surface area contributed by atoms with Gasteiger partial charge in [0.15, 0.2) is 5.70 Å². The number of rotatable bonds is 3. The smallest absolute Gasteiger partial charge is 0.363 e. The van der Waals surface area contributed by atoms with E-state index in [1.165, 1.54) is 0 Å². The Labute approximate surface area is 136 Å². The standard InChI is InChI=1S/C17H12BrNO3/c1-21-13-8-6-11(7-9-13)16-19-15(17(20)22-16)10-12-4-2-3-5-14(12)18/h2-10H,1H3/b15-10-. The maximum absolute atomic E-state index is 12.0. The maximum Gasteiger partial charge on any atom is 0.363 e. The van der Waals surface area contributed by atoms with E-state index in [-0.39, 0.29) is 5.70 Å². The number of carbonyl (C=O) groups is 1. The van der Waals surface area contributed by atoms with Crippen LogP contribution in [0.4, 0.5) is 0 Å². The van der Waals surface area contributed by atoms with Crippen molar-refractivity contribution in [1.29, 1.82) is 0 Å². The molecule has 0 unspecified atom stereocenters. The molecule has 2 aromatic carbocycles. The van der Waals surface area contributed by atoms with Gasteiger partial charge in [-0.2, -0.15) is 0 Å². The van der Waals surface area contributed by atoms with Crippen molar-refractivity contribution in [2.24, 2.45) is 4.99 Å². The minimum absolute atomic E-state index is 0.276. The van der Waals surface area contributed by atoms with Gasteiger partial charge >= 0.3 is 5.97 Å². The van der Waals surface area contributed by atoms with Gasteiger partial charge in [-0.25, -0.2) is 9.79 Å². The van der Waals surface area contributed by atoms with E-state index in [1.54, 1.807) is 37.5 Å². The lowest BCUT2D eigenvalue weighted by Gasteiger charge is -2.01. The van der Waals surface area contributed by atoms with Gasteiger partial charge in [0.1, 0.15) is 5.75 Å². The molecule has 3 rings (SSSR count). The third-order valence-electron chi connectivity index (χ3n) is 3.15. The Morgan fingerprint density at radius 2 is 1.86 bits per heavy atom. The van der Waals surface area contributed by atoms with Crippen LogP contribution in [-0.4, -0.2) is 19.0 Å². The fourth-order valence-corrected chi connectivity index (χ4v) is 2.40. The molecule has 0 radical (unpaired) electrons. The molecule has 1 aliphatic heterocycles. The van der Waals surface area contributed by atoms with Crippen molar-refractivity contribution in [3.05, 3.63) is 69.8 Å². The number of ether oxygens (including phenoxy) is 2. The molecule has 110 valence electrons. The largest absolute Gasteiger partial charge is 0.497 e. The molecule has 0 atom stereocenters. The van der Waals surface area contributed by atoms with Crippen LogP contribution in [0.1, 0.15) is 11.1 Å². The Hall–Kier alpha value is -2.40. The number of nitrogens with zero attached hydrogens (tertiary/aromatic N) is 1. The first-order valence-electron chi connectivity index (χ1n) is 6.59. The van der Waals surface area contributed by atoms with Crippen LogP contribution in [-0.2, 0) is 9.53 Å². The predicted octanol–water partition coefficient (Wildman–Crippen LogP) is 3.80. The fourth-order valence-electron chi connectivity index (χ4n) is 2.01. The van der Waals surface area contributed by atoms with Gasteiger partial charge in [-0.3, -0.25) is 0 Å². The summed E-state index contributed by atoms with van der Waals surface area (Å²) in [5.74, 6) is 0.574. The highest BCUT2D eigenvalue weighted by Crippen LogP contribution is 2.24. The number of benzene rings is 2. The van der Waals surface area contributed by atoms with E-state index in [1.807, 2.05) is 24.3 Å². The van der Waals surface area contributed by atoms with E-state index < -0.39 is 5.97 Å². The van der Waals surface area contributed by atoms with Crippen molar-refractivity contribution < 1.29 is 14.3 Å². The van der Waals surface area contributed by atoms with Crippen molar-refractivity contribution in [3.63, 3.8) is 0 Å². The van der Waals surface area contributed by atoms with Gasteiger partial charge in [0.05, 0.1) is 7.11 Å². The third kappa shape index (κ3) is 2.94. The molecule has 5 heteroatoms. The minimum atomic E-state index is -0.457. The predicted molar refractivity (Wildman–Crippen MR) is 87.7 cm³/mol. The van der Waals surface area contributed by atoms with Crippen molar-refractivity contribution >= 4 is 33.9 Å². The second-order valence-corrected chi connectivity index (χ2v) is 5.44.